The number of pyridine rings is 1. The lowest BCUT2D eigenvalue weighted by Gasteiger charge is -2.36. The van der Waals surface area contributed by atoms with Crippen LogP contribution < -0.4 is 10.1 Å². The summed E-state index contributed by atoms with van der Waals surface area (Å²) in [5.41, 5.74) is 2.16. The number of likely N-dealkylation sites (tertiary alicyclic amines) is 1. The summed E-state index contributed by atoms with van der Waals surface area (Å²) in [6, 6.07) is 3.64. The summed E-state index contributed by atoms with van der Waals surface area (Å²) in [6.45, 7) is 3.67. The maximum atomic E-state index is 13.2. The van der Waals surface area contributed by atoms with Crippen molar-refractivity contribution in [2.24, 2.45) is 5.92 Å². The highest BCUT2D eigenvalue weighted by atomic mass is 19.3. The molecule has 2 fully saturated rings. The van der Waals surface area contributed by atoms with Gasteiger partial charge in [0.25, 0.3) is 0 Å². The third-order valence-corrected chi connectivity index (χ3v) is 6.33. The van der Waals surface area contributed by atoms with Gasteiger partial charge in [0.1, 0.15) is 12.2 Å². The lowest BCUT2D eigenvalue weighted by atomic mass is 9.80. The topological polar surface area (TPSA) is 98.1 Å². The summed E-state index contributed by atoms with van der Waals surface area (Å²) in [4.78, 5) is 32.1. The van der Waals surface area contributed by atoms with Gasteiger partial charge in [0.2, 0.25) is 17.7 Å². The van der Waals surface area contributed by atoms with Gasteiger partial charge in [0.05, 0.1) is 7.11 Å². The van der Waals surface area contributed by atoms with Gasteiger partial charge in [-0.15, -0.1) is 0 Å². The van der Waals surface area contributed by atoms with Crippen LogP contribution in [0.5, 0.6) is 5.88 Å². The molecule has 1 atom stereocenters. The molecule has 2 aliphatic rings. The average molecular weight is 457 g/mol. The number of methoxy groups -OCH3 is 1. The van der Waals surface area contributed by atoms with E-state index < -0.39 is 11.8 Å². The van der Waals surface area contributed by atoms with Crippen molar-refractivity contribution in [3.05, 3.63) is 24.7 Å². The molecular weight excluding hydrogens is 432 g/mol. The van der Waals surface area contributed by atoms with Gasteiger partial charge in [0, 0.05) is 62.3 Å². The number of hydrogen-bond donors (Lipinski definition) is 1. The summed E-state index contributed by atoms with van der Waals surface area (Å²) in [5, 5.41) is 3.39. The number of hydrogen-bond acceptors (Lipinski definition) is 7. The number of aromatic nitrogens is 5. The third kappa shape index (κ3) is 3.96. The van der Waals surface area contributed by atoms with E-state index in [1.165, 1.54) is 6.33 Å². The van der Waals surface area contributed by atoms with Crippen LogP contribution in [0.2, 0.25) is 0 Å². The molecule has 5 rings (SSSR count). The Hall–Kier alpha value is -3.37. The predicted molar refractivity (Wildman–Crippen MR) is 117 cm³/mol. The fourth-order valence-electron chi connectivity index (χ4n) is 4.56. The lowest BCUT2D eigenvalue weighted by Crippen LogP contribution is -2.46. The van der Waals surface area contributed by atoms with E-state index in [-0.39, 0.29) is 24.8 Å². The Morgan fingerprint density at radius 2 is 2.09 bits per heavy atom. The fraction of sp³-hybridized carbons (Fsp3) is 0.500. The highest BCUT2D eigenvalue weighted by molar-refractivity contribution is 5.86. The van der Waals surface area contributed by atoms with E-state index in [0.29, 0.717) is 48.9 Å². The smallest absolute Gasteiger partial charge is 0.249 e. The van der Waals surface area contributed by atoms with Crippen molar-refractivity contribution in [1.82, 2.24) is 29.4 Å². The number of fused-ring (bicyclic) bond motifs is 1. The van der Waals surface area contributed by atoms with E-state index in [2.05, 4.69) is 20.3 Å². The number of halogens is 2. The van der Waals surface area contributed by atoms with E-state index in [9.17, 15) is 13.6 Å². The molecule has 33 heavy (non-hydrogen) atoms. The van der Waals surface area contributed by atoms with E-state index in [1.54, 1.807) is 24.3 Å². The standard InChI is InChI=1S/C22H25F2N7O2/c1-3-31-19(13-4-5-16(33-2)25-10-13)29-17-18(26-12-27-20(17)31)28-15-6-7-30(11-15)21(32)14-8-22(23,24)9-14/h4-5,10,12,14-15H,3,6-9,11H2,1-2H3,(H,26,27,28). The van der Waals surface area contributed by atoms with Crippen molar-refractivity contribution < 1.29 is 18.3 Å². The SMILES string of the molecule is CCn1c(-c2ccc(OC)nc2)nc2c(NC3CCN(C(=O)C4CC(F)(F)C4)C3)ncnc21. The van der Waals surface area contributed by atoms with Gasteiger partial charge in [-0.1, -0.05) is 0 Å². The molecule has 0 radical (unpaired) electrons. The molecule has 9 nitrogen and oxygen atoms in total. The summed E-state index contributed by atoms with van der Waals surface area (Å²) >= 11 is 0. The molecule has 1 amide bonds. The van der Waals surface area contributed by atoms with Crippen LogP contribution >= 0.6 is 0 Å². The number of nitrogens with zero attached hydrogens (tertiary/aromatic N) is 6. The highest BCUT2D eigenvalue weighted by Gasteiger charge is 2.50. The van der Waals surface area contributed by atoms with Crippen molar-refractivity contribution in [2.45, 2.75) is 44.7 Å². The maximum Gasteiger partial charge on any atom is 0.249 e. The molecule has 1 saturated heterocycles. The minimum Gasteiger partial charge on any atom is -0.481 e. The van der Waals surface area contributed by atoms with Crippen molar-refractivity contribution in [2.75, 3.05) is 25.5 Å². The fourth-order valence-corrected chi connectivity index (χ4v) is 4.56. The van der Waals surface area contributed by atoms with Gasteiger partial charge >= 0.3 is 0 Å². The Balaban J connectivity index is 1.36. The summed E-state index contributed by atoms with van der Waals surface area (Å²) in [5.74, 6) is -1.61. The van der Waals surface area contributed by atoms with Crippen LogP contribution in [-0.4, -0.2) is 67.5 Å². The minimum absolute atomic E-state index is 0.0366. The zero-order valence-electron chi connectivity index (χ0n) is 18.5. The number of carbonyl (C=O) groups is 1. The van der Waals surface area contributed by atoms with E-state index in [4.69, 9.17) is 9.72 Å². The molecule has 1 N–H and O–H groups in total. The molecule has 1 aliphatic carbocycles. The minimum atomic E-state index is -2.69. The second-order valence-corrected chi connectivity index (χ2v) is 8.54. The van der Waals surface area contributed by atoms with Crippen molar-refractivity contribution in [1.29, 1.82) is 0 Å². The molecule has 174 valence electrons. The molecule has 1 saturated carbocycles. The van der Waals surface area contributed by atoms with Crippen LogP contribution in [-0.2, 0) is 11.3 Å². The summed E-state index contributed by atoms with van der Waals surface area (Å²) in [6.07, 6.45) is 3.22. The second kappa shape index (κ2) is 8.20. The molecule has 0 bridgehead atoms. The average Bonchev–Trinajstić information content (AvgIpc) is 3.42. The third-order valence-electron chi connectivity index (χ3n) is 6.33. The number of alkyl halides is 2. The van der Waals surface area contributed by atoms with Crippen LogP contribution in [0.1, 0.15) is 26.2 Å². The van der Waals surface area contributed by atoms with Crippen molar-refractivity contribution in [3.63, 3.8) is 0 Å². The normalized spacial score (nSPS) is 20.1. The van der Waals surface area contributed by atoms with Gasteiger partial charge in [0.15, 0.2) is 17.0 Å². The van der Waals surface area contributed by atoms with Crippen LogP contribution in [0, 0.1) is 5.92 Å². The highest BCUT2D eigenvalue weighted by Crippen LogP contribution is 2.43. The number of amides is 1. The second-order valence-electron chi connectivity index (χ2n) is 8.54. The largest absolute Gasteiger partial charge is 0.481 e. The number of nitrogens with one attached hydrogen (secondary N) is 1. The molecule has 0 aromatic carbocycles. The van der Waals surface area contributed by atoms with Crippen LogP contribution in [0.4, 0.5) is 14.6 Å². The van der Waals surface area contributed by atoms with Gasteiger partial charge in [-0.05, 0) is 19.4 Å². The van der Waals surface area contributed by atoms with Gasteiger partial charge < -0.3 is 19.5 Å². The number of aryl methyl sites for hydroxylation is 1. The number of ether oxygens (including phenoxy) is 1. The molecule has 1 aliphatic heterocycles. The Labute approximate surface area is 189 Å². The first-order valence-corrected chi connectivity index (χ1v) is 11.0. The molecule has 4 heterocycles. The number of carbonyl (C=O) groups excluding carboxylic acids is 1. The van der Waals surface area contributed by atoms with E-state index >= 15 is 0 Å². The van der Waals surface area contributed by atoms with Crippen LogP contribution in [0.3, 0.4) is 0 Å². The summed E-state index contributed by atoms with van der Waals surface area (Å²) < 4.78 is 33.4. The quantitative estimate of drug-likeness (QED) is 0.608. The Morgan fingerprint density at radius 1 is 1.27 bits per heavy atom. The Morgan fingerprint density at radius 3 is 2.76 bits per heavy atom. The van der Waals surface area contributed by atoms with E-state index in [1.807, 2.05) is 17.6 Å². The first-order chi connectivity index (χ1) is 15.9. The Kier molecular flexibility index (Phi) is 5.34. The molecular formula is C22H25F2N7O2. The molecule has 3 aromatic rings. The molecule has 11 heteroatoms. The monoisotopic (exact) mass is 457 g/mol. The Bertz CT molecular complexity index is 1170. The number of imidazole rings is 1. The predicted octanol–water partition coefficient (Wildman–Crippen LogP) is 2.97. The van der Waals surface area contributed by atoms with E-state index in [0.717, 1.165) is 11.4 Å². The zero-order valence-corrected chi connectivity index (χ0v) is 18.5. The van der Waals surface area contributed by atoms with Crippen LogP contribution in [0.25, 0.3) is 22.6 Å². The van der Waals surface area contributed by atoms with Gasteiger partial charge in [-0.25, -0.2) is 28.7 Å². The van der Waals surface area contributed by atoms with Gasteiger partial charge in [-0.3, -0.25) is 4.79 Å². The molecule has 3 aromatic heterocycles. The van der Waals surface area contributed by atoms with Crippen molar-refractivity contribution in [3.8, 4) is 17.3 Å². The zero-order chi connectivity index (χ0) is 23.2. The first kappa shape index (κ1) is 21.5. The van der Waals surface area contributed by atoms with Crippen molar-refractivity contribution >= 4 is 22.9 Å². The molecule has 1 unspecified atom stereocenters. The molecule has 0 spiro atoms. The van der Waals surface area contributed by atoms with Gasteiger partial charge in [-0.2, -0.15) is 0 Å². The maximum absolute atomic E-state index is 13.2. The lowest BCUT2D eigenvalue weighted by molar-refractivity contribution is -0.158. The summed E-state index contributed by atoms with van der Waals surface area (Å²) in [7, 11) is 1.57. The first-order valence-electron chi connectivity index (χ1n) is 11.0. The van der Waals surface area contributed by atoms with Crippen LogP contribution in [0.15, 0.2) is 24.7 Å². The number of rotatable bonds is 6. The number of anilines is 1.